The van der Waals surface area contributed by atoms with Gasteiger partial charge in [-0.2, -0.15) is 5.10 Å². The molecule has 3 rings (SSSR count). The average molecular weight is 296 g/mol. The van der Waals surface area contributed by atoms with Crippen molar-refractivity contribution in [2.45, 2.75) is 18.9 Å². The first-order valence-electron chi connectivity index (χ1n) is 5.87. The summed E-state index contributed by atoms with van der Waals surface area (Å²) in [4.78, 5) is 14.0. The number of nitrogens with zero attached hydrogens (tertiary/aromatic N) is 3. The molecular formula is C12H14BrN3O. The van der Waals surface area contributed by atoms with E-state index in [0.29, 0.717) is 11.9 Å². The summed E-state index contributed by atoms with van der Waals surface area (Å²) in [7, 11) is 0. The van der Waals surface area contributed by atoms with Gasteiger partial charge in [-0.05, 0) is 28.8 Å². The molecule has 0 radical (unpaired) electrons. The van der Waals surface area contributed by atoms with Crippen molar-refractivity contribution in [2.24, 2.45) is 5.92 Å². The Hall–Kier alpha value is -1.10. The normalized spacial score (nSPS) is 20.9. The maximum absolute atomic E-state index is 12.1. The van der Waals surface area contributed by atoms with Crippen LogP contribution in [0.5, 0.6) is 0 Å². The third-order valence-electron chi connectivity index (χ3n) is 3.48. The SMILES string of the molecule is O=C(C1CC=CC1)N1CC(n2cc(Br)cn2)C1. The van der Waals surface area contributed by atoms with Gasteiger partial charge in [0.25, 0.3) is 0 Å². The molecule has 4 nitrogen and oxygen atoms in total. The van der Waals surface area contributed by atoms with Crippen LogP contribution in [0, 0.1) is 5.92 Å². The average Bonchev–Trinajstić information content (AvgIpc) is 2.86. The van der Waals surface area contributed by atoms with Gasteiger partial charge in [-0.25, -0.2) is 0 Å². The molecule has 5 heteroatoms. The molecule has 0 N–H and O–H groups in total. The van der Waals surface area contributed by atoms with E-state index in [1.54, 1.807) is 6.20 Å². The lowest BCUT2D eigenvalue weighted by atomic mass is 10.0. The first-order chi connectivity index (χ1) is 8.24. The summed E-state index contributed by atoms with van der Waals surface area (Å²) in [6.07, 6.45) is 9.77. The summed E-state index contributed by atoms with van der Waals surface area (Å²) in [5.41, 5.74) is 0. The van der Waals surface area contributed by atoms with Gasteiger partial charge < -0.3 is 4.90 Å². The van der Waals surface area contributed by atoms with E-state index in [-0.39, 0.29) is 5.92 Å². The van der Waals surface area contributed by atoms with Crippen molar-refractivity contribution in [2.75, 3.05) is 13.1 Å². The van der Waals surface area contributed by atoms with Crippen molar-refractivity contribution in [1.29, 1.82) is 0 Å². The Morgan fingerprint density at radius 3 is 2.65 bits per heavy atom. The second kappa shape index (κ2) is 4.29. The van der Waals surface area contributed by atoms with Crippen LogP contribution < -0.4 is 0 Å². The Balaban J connectivity index is 1.56. The molecule has 2 aliphatic rings. The van der Waals surface area contributed by atoms with Gasteiger partial charge in [0.05, 0.1) is 16.7 Å². The van der Waals surface area contributed by atoms with Gasteiger partial charge in [-0.1, -0.05) is 12.2 Å². The fourth-order valence-corrected chi connectivity index (χ4v) is 2.70. The maximum Gasteiger partial charge on any atom is 0.226 e. The standard InChI is InChI=1S/C12H14BrN3O/c13-10-5-14-16(6-10)11-7-15(8-11)12(17)9-3-1-2-4-9/h1-2,5-6,9,11H,3-4,7-8H2. The topological polar surface area (TPSA) is 38.1 Å². The molecule has 0 saturated carbocycles. The molecule has 0 spiro atoms. The number of hydrogen-bond acceptors (Lipinski definition) is 2. The number of carbonyl (C=O) groups is 1. The molecule has 0 aromatic carbocycles. The lowest BCUT2D eigenvalue weighted by molar-refractivity contribution is -0.141. The molecule has 1 aromatic heterocycles. The smallest absolute Gasteiger partial charge is 0.226 e. The minimum absolute atomic E-state index is 0.195. The number of aromatic nitrogens is 2. The Bertz CT molecular complexity index is 454. The molecule has 1 amide bonds. The van der Waals surface area contributed by atoms with E-state index >= 15 is 0 Å². The van der Waals surface area contributed by atoms with Crippen LogP contribution in [0.4, 0.5) is 0 Å². The van der Waals surface area contributed by atoms with Gasteiger partial charge >= 0.3 is 0 Å². The Morgan fingerprint density at radius 2 is 2.06 bits per heavy atom. The van der Waals surface area contributed by atoms with Crippen LogP contribution in [0.25, 0.3) is 0 Å². The van der Waals surface area contributed by atoms with Crippen LogP contribution in [0.15, 0.2) is 29.0 Å². The number of hydrogen-bond donors (Lipinski definition) is 0. The quantitative estimate of drug-likeness (QED) is 0.783. The second-order valence-corrected chi connectivity index (χ2v) is 5.59. The van der Waals surface area contributed by atoms with Crippen molar-refractivity contribution in [3.63, 3.8) is 0 Å². The summed E-state index contributed by atoms with van der Waals surface area (Å²) < 4.78 is 2.92. The van der Waals surface area contributed by atoms with Crippen LogP contribution in [-0.4, -0.2) is 33.7 Å². The number of likely N-dealkylation sites (tertiary alicyclic amines) is 1. The van der Waals surface area contributed by atoms with Crippen molar-refractivity contribution in [3.05, 3.63) is 29.0 Å². The highest BCUT2D eigenvalue weighted by Crippen LogP contribution is 2.27. The van der Waals surface area contributed by atoms with Crippen LogP contribution in [0.1, 0.15) is 18.9 Å². The maximum atomic E-state index is 12.1. The molecule has 1 fully saturated rings. The molecule has 1 aromatic rings. The third-order valence-corrected chi connectivity index (χ3v) is 3.88. The molecule has 2 heterocycles. The van der Waals surface area contributed by atoms with Crippen molar-refractivity contribution >= 4 is 21.8 Å². The van der Waals surface area contributed by atoms with Crippen LogP contribution in [0.2, 0.25) is 0 Å². The monoisotopic (exact) mass is 295 g/mol. The second-order valence-electron chi connectivity index (χ2n) is 4.68. The Morgan fingerprint density at radius 1 is 1.35 bits per heavy atom. The lowest BCUT2D eigenvalue weighted by Gasteiger charge is -2.40. The fraction of sp³-hybridized carbons (Fsp3) is 0.500. The summed E-state index contributed by atoms with van der Waals surface area (Å²) in [6, 6.07) is 0.347. The van der Waals surface area contributed by atoms with Crippen molar-refractivity contribution in [3.8, 4) is 0 Å². The van der Waals surface area contributed by atoms with E-state index in [1.165, 1.54) is 0 Å². The summed E-state index contributed by atoms with van der Waals surface area (Å²) in [6.45, 7) is 1.59. The summed E-state index contributed by atoms with van der Waals surface area (Å²) in [5, 5.41) is 4.25. The zero-order valence-corrected chi connectivity index (χ0v) is 11.0. The van der Waals surface area contributed by atoms with Crippen LogP contribution >= 0.6 is 15.9 Å². The molecule has 0 bridgehead atoms. The number of halogens is 1. The number of carbonyl (C=O) groups excluding carboxylic acids is 1. The highest BCUT2D eigenvalue weighted by atomic mass is 79.9. The Kier molecular flexibility index (Phi) is 2.78. The highest BCUT2D eigenvalue weighted by Gasteiger charge is 2.35. The largest absolute Gasteiger partial charge is 0.338 e. The zero-order chi connectivity index (χ0) is 11.8. The van der Waals surface area contributed by atoms with E-state index in [9.17, 15) is 4.79 Å². The van der Waals surface area contributed by atoms with Gasteiger partial charge in [0, 0.05) is 25.2 Å². The summed E-state index contributed by atoms with van der Waals surface area (Å²) in [5.74, 6) is 0.498. The van der Waals surface area contributed by atoms with E-state index in [0.717, 1.165) is 30.4 Å². The van der Waals surface area contributed by atoms with Gasteiger partial charge in [-0.3, -0.25) is 9.48 Å². The predicted octanol–water partition coefficient (Wildman–Crippen LogP) is 2.00. The van der Waals surface area contributed by atoms with Crippen LogP contribution in [0.3, 0.4) is 0 Å². The van der Waals surface area contributed by atoms with Crippen LogP contribution in [-0.2, 0) is 4.79 Å². The number of amides is 1. The molecular weight excluding hydrogens is 282 g/mol. The van der Waals surface area contributed by atoms with Gasteiger partial charge in [0.2, 0.25) is 5.91 Å². The van der Waals surface area contributed by atoms with Crippen molar-refractivity contribution in [1.82, 2.24) is 14.7 Å². The molecule has 0 atom stereocenters. The molecule has 0 unspecified atom stereocenters. The minimum Gasteiger partial charge on any atom is -0.338 e. The first kappa shape index (κ1) is 11.0. The highest BCUT2D eigenvalue weighted by molar-refractivity contribution is 9.10. The van der Waals surface area contributed by atoms with Crippen molar-refractivity contribution < 1.29 is 4.79 Å². The van der Waals surface area contributed by atoms with Gasteiger partial charge in [-0.15, -0.1) is 0 Å². The fourth-order valence-electron chi connectivity index (χ4n) is 2.39. The summed E-state index contributed by atoms with van der Waals surface area (Å²) >= 11 is 3.38. The molecule has 1 aliphatic heterocycles. The van der Waals surface area contributed by atoms with Gasteiger partial charge in [0.1, 0.15) is 0 Å². The molecule has 1 aliphatic carbocycles. The van der Waals surface area contributed by atoms with E-state index in [2.05, 4.69) is 33.2 Å². The molecule has 90 valence electrons. The minimum atomic E-state index is 0.195. The lowest BCUT2D eigenvalue weighted by Crippen LogP contribution is -2.52. The number of allylic oxidation sites excluding steroid dienone is 2. The number of rotatable bonds is 2. The third kappa shape index (κ3) is 2.04. The molecule has 1 saturated heterocycles. The van der Waals surface area contributed by atoms with Gasteiger partial charge in [0.15, 0.2) is 0 Å². The first-order valence-corrected chi connectivity index (χ1v) is 6.67. The predicted molar refractivity (Wildman–Crippen MR) is 67.4 cm³/mol. The van der Waals surface area contributed by atoms with E-state index in [1.807, 2.05) is 15.8 Å². The van der Waals surface area contributed by atoms with E-state index < -0.39 is 0 Å². The molecule has 17 heavy (non-hydrogen) atoms. The van der Waals surface area contributed by atoms with E-state index in [4.69, 9.17) is 0 Å². The zero-order valence-electron chi connectivity index (χ0n) is 9.42. The Labute approximate surface area is 108 Å².